The van der Waals surface area contributed by atoms with Crippen LogP contribution in [-0.2, 0) is 28.7 Å². The fourth-order valence-electron chi connectivity index (χ4n) is 2.36. The molecule has 0 aliphatic rings. The van der Waals surface area contributed by atoms with Crippen LogP contribution in [0, 0.1) is 0 Å². The lowest BCUT2D eigenvalue weighted by molar-refractivity contribution is -0.168. The van der Waals surface area contributed by atoms with E-state index < -0.39 is 48.9 Å². The summed E-state index contributed by atoms with van der Waals surface area (Å²) in [5.41, 5.74) is 0.557. The zero-order valence-electron chi connectivity index (χ0n) is 14.7. The maximum Gasteiger partial charge on any atom is 0.349 e. The highest BCUT2D eigenvalue weighted by Gasteiger charge is 2.27. The van der Waals surface area contributed by atoms with Crippen molar-refractivity contribution in [2.24, 2.45) is 0 Å². The largest absolute Gasteiger partial charge is 0.478 e. The van der Waals surface area contributed by atoms with E-state index in [1.165, 1.54) is 24.3 Å². The van der Waals surface area contributed by atoms with Crippen LogP contribution in [-0.4, -0.2) is 34.1 Å². The van der Waals surface area contributed by atoms with E-state index >= 15 is 0 Å². The molecule has 0 amide bonds. The number of esters is 2. The maximum absolute atomic E-state index is 11.9. The molecule has 2 N–H and O–H groups in total. The number of carboxylic acids is 2. The molecule has 2 rings (SSSR count). The van der Waals surface area contributed by atoms with E-state index in [9.17, 15) is 29.4 Å². The molecule has 8 nitrogen and oxygen atoms in total. The lowest BCUT2D eigenvalue weighted by Gasteiger charge is -2.15. The molecule has 2 aromatic carbocycles. The van der Waals surface area contributed by atoms with E-state index in [2.05, 4.69) is 0 Å². The Balaban J connectivity index is 1.91. The Kier molecular flexibility index (Phi) is 7.27. The maximum atomic E-state index is 11.9. The number of hydrogen-bond acceptors (Lipinski definition) is 6. The highest BCUT2D eigenvalue weighted by Crippen LogP contribution is 2.20. The van der Waals surface area contributed by atoms with Crippen LogP contribution in [0.3, 0.4) is 0 Å². The molecule has 0 radical (unpaired) electrons. The molecule has 0 aliphatic heterocycles. The average molecular weight is 386 g/mol. The fourth-order valence-corrected chi connectivity index (χ4v) is 2.36. The highest BCUT2D eigenvalue weighted by atomic mass is 16.6. The third kappa shape index (κ3) is 5.94. The van der Waals surface area contributed by atoms with Crippen molar-refractivity contribution in [3.63, 3.8) is 0 Å². The van der Waals surface area contributed by atoms with E-state index in [-0.39, 0.29) is 11.1 Å². The van der Waals surface area contributed by atoms with E-state index in [0.717, 1.165) is 0 Å². The van der Waals surface area contributed by atoms with Crippen LogP contribution < -0.4 is 0 Å². The third-order valence-electron chi connectivity index (χ3n) is 3.69. The monoisotopic (exact) mass is 386 g/mol. The lowest BCUT2D eigenvalue weighted by atomic mass is 10.1. The normalized spacial score (nSPS) is 12.4. The number of rotatable bonds is 9. The van der Waals surface area contributed by atoms with Gasteiger partial charge in [-0.25, -0.2) is 9.59 Å². The second kappa shape index (κ2) is 9.86. The molecule has 0 saturated heterocycles. The number of carbonyl (C=O) groups excluding carboxylic acids is 2. The van der Waals surface area contributed by atoms with Gasteiger partial charge < -0.3 is 19.7 Å². The Bertz CT molecular complexity index is 760. The quantitative estimate of drug-likeness (QED) is 0.629. The predicted octanol–water partition coefficient (Wildman–Crippen LogP) is 2.50. The Hall–Kier alpha value is -3.68. The average Bonchev–Trinajstić information content (AvgIpc) is 2.69. The van der Waals surface area contributed by atoms with E-state index in [1.54, 1.807) is 36.4 Å². The summed E-state index contributed by atoms with van der Waals surface area (Å²) in [6, 6.07) is 15.8. The van der Waals surface area contributed by atoms with Gasteiger partial charge in [0.1, 0.15) is 0 Å². The van der Waals surface area contributed by atoms with Crippen molar-refractivity contribution in [2.75, 3.05) is 0 Å². The van der Waals surface area contributed by atoms with Gasteiger partial charge in [0.15, 0.2) is 0 Å². The van der Waals surface area contributed by atoms with Gasteiger partial charge in [0.25, 0.3) is 0 Å². The Morgan fingerprint density at radius 1 is 0.643 bits per heavy atom. The predicted molar refractivity (Wildman–Crippen MR) is 95.1 cm³/mol. The molecular formula is C20H18O8. The van der Waals surface area contributed by atoms with Crippen LogP contribution in [0.2, 0.25) is 0 Å². The van der Waals surface area contributed by atoms with Gasteiger partial charge in [-0.3, -0.25) is 9.59 Å². The summed E-state index contributed by atoms with van der Waals surface area (Å²) < 4.78 is 9.85. The Labute approximate surface area is 160 Å². The molecule has 8 heteroatoms. The summed E-state index contributed by atoms with van der Waals surface area (Å²) in [7, 11) is 0. The number of aliphatic carboxylic acids is 2. The molecule has 0 saturated carbocycles. The van der Waals surface area contributed by atoms with Crippen molar-refractivity contribution in [1.82, 2.24) is 0 Å². The molecule has 2 aromatic rings. The first-order valence-electron chi connectivity index (χ1n) is 8.33. The lowest BCUT2D eigenvalue weighted by Crippen LogP contribution is -2.22. The highest BCUT2D eigenvalue weighted by molar-refractivity contribution is 5.83. The second-order valence-electron chi connectivity index (χ2n) is 5.74. The standard InChI is InChI=1S/C20H18O8/c21-15(27-17(19(23)24)13-7-3-1-4-8-13)11-12-16(22)28-18(20(25)26)14-9-5-2-6-10-14/h1-10,17-18H,11-12H2,(H,23,24)(H,25,26). The van der Waals surface area contributed by atoms with Crippen molar-refractivity contribution in [1.29, 1.82) is 0 Å². The second-order valence-corrected chi connectivity index (χ2v) is 5.74. The van der Waals surface area contributed by atoms with Gasteiger partial charge in [0, 0.05) is 11.1 Å². The van der Waals surface area contributed by atoms with Gasteiger partial charge in [-0.05, 0) is 0 Å². The van der Waals surface area contributed by atoms with Crippen molar-refractivity contribution in [3.8, 4) is 0 Å². The van der Waals surface area contributed by atoms with Crippen LogP contribution >= 0.6 is 0 Å². The molecular weight excluding hydrogens is 368 g/mol. The van der Waals surface area contributed by atoms with E-state index in [4.69, 9.17) is 9.47 Å². The molecule has 0 aliphatic carbocycles. The Morgan fingerprint density at radius 3 is 1.25 bits per heavy atom. The number of carbonyl (C=O) groups is 4. The first-order valence-corrected chi connectivity index (χ1v) is 8.33. The molecule has 0 fully saturated rings. The summed E-state index contributed by atoms with van der Waals surface area (Å²) in [6.45, 7) is 0. The van der Waals surface area contributed by atoms with Gasteiger partial charge in [0.05, 0.1) is 12.8 Å². The van der Waals surface area contributed by atoms with Crippen LogP contribution in [0.1, 0.15) is 36.2 Å². The summed E-state index contributed by atoms with van der Waals surface area (Å²) in [4.78, 5) is 46.5. The number of hydrogen-bond donors (Lipinski definition) is 2. The van der Waals surface area contributed by atoms with Crippen LogP contribution in [0.25, 0.3) is 0 Å². The van der Waals surface area contributed by atoms with E-state index in [1.807, 2.05) is 0 Å². The summed E-state index contributed by atoms with van der Waals surface area (Å²) in [5, 5.41) is 18.4. The fraction of sp³-hybridized carbons (Fsp3) is 0.200. The van der Waals surface area contributed by atoms with Gasteiger partial charge in [-0.2, -0.15) is 0 Å². The van der Waals surface area contributed by atoms with Gasteiger partial charge >= 0.3 is 23.9 Å². The molecule has 2 atom stereocenters. The first-order chi connectivity index (χ1) is 13.4. The first kappa shape index (κ1) is 20.6. The number of benzene rings is 2. The van der Waals surface area contributed by atoms with Crippen molar-refractivity contribution < 1.29 is 38.9 Å². The number of carboxylic acid groups (broad SMARTS) is 2. The van der Waals surface area contributed by atoms with E-state index in [0.29, 0.717) is 0 Å². The van der Waals surface area contributed by atoms with Gasteiger partial charge in [-0.1, -0.05) is 60.7 Å². The zero-order chi connectivity index (χ0) is 20.5. The molecule has 0 aromatic heterocycles. The minimum Gasteiger partial charge on any atom is -0.478 e. The topological polar surface area (TPSA) is 127 Å². The van der Waals surface area contributed by atoms with Crippen molar-refractivity contribution in [3.05, 3.63) is 71.8 Å². The van der Waals surface area contributed by atoms with Gasteiger partial charge in [-0.15, -0.1) is 0 Å². The Morgan fingerprint density at radius 2 is 0.964 bits per heavy atom. The number of ether oxygens (including phenoxy) is 2. The third-order valence-corrected chi connectivity index (χ3v) is 3.69. The molecule has 0 heterocycles. The van der Waals surface area contributed by atoms with Gasteiger partial charge in [0.2, 0.25) is 12.2 Å². The molecule has 2 unspecified atom stereocenters. The summed E-state index contributed by atoms with van der Waals surface area (Å²) in [5.74, 6) is -4.53. The smallest absolute Gasteiger partial charge is 0.349 e. The molecule has 28 heavy (non-hydrogen) atoms. The molecule has 0 spiro atoms. The van der Waals surface area contributed by atoms with Crippen molar-refractivity contribution in [2.45, 2.75) is 25.0 Å². The van der Waals surface area contributed by atoms with Crippen LogP contribution in [0.4, 0.5) is 0 Å². The molecule has 146 valence electrons. The summed E-state index contributed by atoms with van der Waals surface area (Å²) in [6.07, 6.45) is -3.89. The zero-order valence-corrected chi connectivity index (χ0v) is 14.7. The van der Waals surface area contributed by atoms with Crippen LogP contribution in [0.5, 0.6) is 0 Å². The summed E-state index contributed by atoms with van der Waals surface area (Å²) >= 11 is 0. The minimum atomic E-state index is -1.50. The van der Waals surface area contributed by atoms with Crippen molar-refractivity contribution >= 4 is 23.9 Å². The minimum absolute atomic E-state index is 0.279. The SMILES string of the molecule is O=C(CCC(=O)OC(C(=O)O)c1ccccc1)OC(C(=O)O)c1ccccc1. The molecule has 0 bridgehead atoms. The van der Waals surface area contributed by atoms with Crippen LogP contribution in [0.15, 0.2) is 60.7 Å².